The van der Waals surface area contributed by atoms with Crippen molar-refractivity contribution in [3.8, 4) is 33.9 Å². The summed E-state index contributed by atoms with van der Waals surface area (Å²) >= 11 is 0. The minimum Gasteiger partial charge on any atom is -0.456 e. The van der Waals surface area contributed by atoms with E-state index in [1.807, 2.05) is 0 Å². The minimum absolute atomic E-state index is 0.858. The molecule has 5 heterocycles. The molecule has 16 rings (SSSR count). The van der Waals surface area contributed by atoms with Crippen molar-refractivity contribution in [3.05, 3.63) is 243 Å². The Hall–Kier alpha value is -9.58. The largest absolute Gasteiger partial charge is 0.456 e. The predicted molar refractivity (Wildman–Crippen MR) is 297 cm³/mol. The Balaban J connectivity index is 0.933. The zero-order valence-corrected chi connectivity index (χ0v) is 38.3. The lowest BCUT2D eigenvalue weighted by molar-refractivity contribution is 0.669. The molecule has 5 heteroatoms. The summed E-state index contributed by atoms with van der Waals surface area (Å²) < 4.78 is 16.6. The molecule has 0 aliphatic heterocycles. The van der Waals surface area contributed by atoms with Crippen molar-refractivity contribution < 1.29 is 4.42 Å². The molecule has 0 fully saturated rings. The highest BCUT2D eigenvalue weighted by Gasteiger charge is 2.24. The van der Waals surface area contributed by atoms with E-state index in [1.165, 1.54) is 65.2 Å². The van der Waals surface area contributed by atoms with Crippen molar-refractivity contribution >= 4 is 109 Å². The molecule has 5 aromatic heterocycles. The molecule has 0 bridgehead atoms. The van der Waals surface area contributed by atoms with Gasteiger partial charge in [-0.15, -0.1) is 0 Å². The third-order valence-electron chi connectivity index (χ3n) is 15.1. The number of rotatable bonds is 5. The van der Waals surface area contributed by atoms with Gasteiger partial charge in [0.25, 0.3) is 0 Å². The lowest BCUT2D eigenvalue weighted by Gasteiger charge is -2.14. The van der Waals surface area contributed by atoms with Gasteiger partial charge in [-0.2, -0.15) is 0 Å². The molecule has 0 unspecified atom stereocenters. The molecule has 11 aromatic carbocycles. The quantitative estimate of drug-likeness (QED) is 0.169. The smallest absolute Gasteiger partial charge is 0.136 e. The summed E-state index contributed by atoms with van der Waals surface area (Å²) in [5.41, 5.74) is 17.9. The Labute approximate surface area is 406 Å². The molecule has 16 aromatic rings. The number of fused-ring (bicyclic) bond motifs is 15. The second kappa shape index (κ2) is 14.5. The van der Waals surface area contributed by atoms with Gasteiger partial charge >= 0.3 is 0 Å². The van der Waals surface area contributed by atoms with Gasteiger partial charge in [0.1, 0.15) is 11.2 Å². The van der Waals surface area contributed by atoms with E-state index in [9.17, 15) is 0 Å². The topological polar surface area (TPSA) is 32.9 Å². The fourth-order valence-corrected chi connectivity index (χ4v) is 12.3. The molecule has 0 radical (unpaired) electrons. The molecule has 0 saturated carbocycles. The Morgan fingerprint density at radius 3 is 1.39 bits per heavy atom. The third-order valence-corrected chi connectivity index (χ3v) is 15.1. The average Bonchev–Trinajstić information content (AvgIpc) is 4.24. The summed E-state index contributed by atoms with van der Waals surface area (Å²) in [4.78, 5) is 0. The van der Waals surface area contributed by atoms with E-state index >= 15 is 0 Å². The van der Waals surface area contributed by atoms with Crippen molar-refractivity contribution in [2.75, 3.05) is 0 Å². The summed E-state index contributed by atoms with van der Waals surface area (Å²) in [5.74, 6) is 0. The van der Waals surface area contributed by atoms with E-state index in [4.69, 9.17) is 4.42 Å². The van der Waals surface area contributed by atoms with Crippen molar-refractivity contribution in [3.63, 3.8) is 0 Å². The first-order valence-electron chi connectivity index (χ1n) is 24.3. The van der Waals surface area contributed by atoms with Gasteiger partial charge in [-0.3, -0.25) is 0 Å². The van der Waals surface area contributed by atoms with E-state index in [1.54, 1.807) is 0 Å². The van der Waals surface area contributed by atoms with Crippen LogP contribution >= 0.6 is 0 Å². The fraction of sp³-hybridized carbons (Fsp3) is 0. The van der Waals surface area contributed by atoms with E-state index < -0.39 is 0 Å². The maximum Gasteiger partial charge on any atom is 0.136 e. The van der Waals surface area contributed by atoms with E-state index in [0.717, 1.165) is 77.9 Å². The van der Waals surface area contributed by atoms with Crippen LogP contribution in [0.3, 0.4) is 0 Å². The zero-order valence-electron chi connectivity index (χ0n) is 38.3. The SMILES string of the molecule is c1ccc(-n2c3ccccc3c3c(-n4c5ccccc5c5cccc(-c6cccc7oc8ccc(-n9c%10ccccc%10c%10cc(-n%11c%12ccccc%12c%12ccccc%12%11)ccc%109)cc8c67)c54)cccc32)cc1. The normalized spacial score (nSPS) is 12.2. The number of furan rings is 1. The van der Waals surface area contributed by atoms with Crippen LogP contribution in [-0.4, -0.2) is 18.3 Å². The summed E-state index contributed by atoms with van der Waals surface area (Å²) in [5, 5.41) is 12.0. The maximum absolute atomic E-state index is 6.80. The van der Waals surface area contributed by atoms with E-state index in [2.05, 4.69) is 261 Å². The first kappa shape index (κ1) is 38.4. The molecule has 0 N–H and O–H groups in total. The Bertz CT molecular complexity index is 4830. The van der Waals surface area contributed by atoms with Crippen LogP contribution in [0.1, 0.15) is 0 Å². The van der Waals surface area contributed by atoms with Crippen LogP contribution < -0.4 is 0 Å². The number of para-hydroxylation sites is 7. The summed E-state index contributed by atoms with van der Waals surface area (Å²) in [7, 11) is 0. The summed E-state index contributed by atoms with van der Waals surface area (Å²) in [6, 6.07) is 88.4. The van der Waals surface area contributed by atoms with Gasteiger partial charge < -0.3 is 22.7 Å². The van der Waals surface area contributed by atoms with Crippen LogP contribution in [0.2, 0.25) is 0 Å². The molecular weight excluding hydrogens is 865 g/mol. The number of nitrogens with zero attached hydrogens (tertiary/aromatic N) is 4. The van der Waals surface area contributed by atoms with Crippen molar-refractivity contribution in [1.82, 2.24) is 18.3 Å². The molecule has 330 valence electrons. The molecular formula is C66H40N4O. The van der Waals surface area contributed by atoms with Gasteiger partial charge in [-0.1, -0.05) is 146 Å². The first-order chi connectivity index (χ1) is 35.3. The van der Waals surface area contributed by atoms with Gasteiger partial charge in [0, 0.05) is 76.5 Å². The number of hydrogen-bond donors (Lipinski definition) is 0. The molecule has 0 saturated heterocycles. The maximum atomic E-state index is 6.80. The second-order valence-electron chi connectivity index (χ2n) is 18.8. The monoisotopic (exact) mass is 904 g/mol. The molecule has 0 amide bonds. The average molecular weight is 905 g/mol. The van der Waals surface area contributed by atoms with Gasteiger partial charge in [0.2, 0.25) is 0 Å². The third kappa shape index (κ3) is 5.29. The standard InChI is InChI=1S/C66H40N4O/c1-2-17-41(18-3-1)67-58-31-13-8-23-51(58)65-60(67)32-16-33-61(65)70-57-30-12-6-21-46(57)49-25-14-26-50(66(49)70)48-24-15-34-63-64(48)53-40-43(36-38-62(53)71-63)69-56-29-11-7-22-47(56)52-39-42(35-37-59(52)69)68-54-27-9-4-19-44(54)45-20-5-10-28-55(45)68/h1-40H. The van der Waals surface area contributed by atoms with Crippen molar-refractivity contribution in [2.45, 2.75) is 0 Å². The minimum atomic E-state index is 0.858. The molecule has 0 aliphatic carbocycles. The zero-order chi connectivity index (χ0) is 46.3. The number of benzene rings is 11. The molecule has 0 spiro atoms. The van der Waals surface area contributed by atoms with E-state index in [-0.39, 0.29) is 0 Å². The van der Waals surface area contributed by atoms with Crippen LogP contribution in [-0.2, 0) is 0 Å². The Morgan fingerprint density at radius 1 is 0.239 bits per heavy atom. The predicted octanol–water partition coefficient (Wildman–Crippen LogP) is 17.6. The molecule has 0 atom stereocenters. The van der Waals surface area contributed by atoms with Crippen LogP contribution in [0, 0.1) is 0 Å². The van der Waals surface area contributed by atoms with Gasteiger partial charge in [-0.25, -0.2) is 0 Å². The highest BCUT2D eigenvalue weighted by molar-refractivity contribution is 6.22. The van der Waals surface area contributed by atoms with E-state index in [0.29, 0.717) is 0 Å². The van der Waals surface area contributed by atoms with Gasteiger partial charge in [0.15, 0.2) is 0 Å². The summed E-state index contributed by atoms with van der Waals surface area (Å²) in [6.07, 6.45) is 0. The fourth-order valence-electron chi connectivity index (χ4n) is 12.3. The number of aromatic nitrogens is 4. The highest BCUT2D eigenvalue weighted by Crippen LogP contribution is 2.46. The van der Waals surface area contributed by atoms with Crippen LogP contribution in [0.5, 0.6) is 0 Å². The second-order valence-corrected chi connectivity index (χ2v) is 18.8. The van der Waals surface area contributed by atoms with Crippen LogP contribution in [0.15, 0.2) is 247 Å². The lowest BCUT2D eigenvalue weighted by Crippen LogP contribution is -1.98. The van der Waals surface area contributed by atoms with Crippen LogP contribution in [0.25, 0.3) is 143 Å². The first-order valence-corrected chi connectivity index (χ1v) is 24.3. The highest BCUT2D eigenvalue weighted by atomic mass is 16.3. The van der Waals surface area contributed by atoms with Gasteiger partial charge in [0.05, 0.1) is 49.8 Å². The Kier molecular flexibility index (Phi) is 7.82. The molecule has 71 heavy (non-hydrogen) atoms. The van der Waals surface area contributed by atoms with Crippen molar-refractivity contribution in [2.24, 2.45) is 0 Å². The van der Waals surface area contributed by atoms with Crippen LogP contribution in [0.4, 0.5) is 0 Å². The Morgan fingerprint density at radius 2 is 0.704 bits per heavy atom. The molecule has 5 nitrogen and oxygen atoms in total. The lowest BCUT2D eigenvalue weighted by atomic mass is 9.97. The van der Waals surface area contributed by atoms with Crippen molar-refractivity contribution in [1.29, 1.82) is 0 Å². The summed E-state index contributed by atoms with van der Waals surface area (Å²) in [6.45, 7) is 0. The number of hydrogen-bond acceptors (Lipinski definition) is 1. The van der Waals surface area contributed by atoms with Gasteiger partial charge in [-0.05, 0) is 103 Å². The molecule has 0 aliphatic rings.